The summed E-state index contributed by atoms with van der Waals surface area (Å²) >= 11 is 1.84. The molecule has 5 heteroatoms. The Kier molecular flexibility index (Phi) is 4.67. The van der Waals surface area contributed by atoms with Crippen molar-refractivity contribution in [2.45, 2.75) is 16.8 Å². The molecule has 0 spiro atoms. The molecule has 0 aliphatic rings. The van der Waals surface area contributed by atoms with Gasteiger partial charge in [0.1, 0.15) is 0 Å². The molecule has 0 fully saturated rings. The van der Waals surface area contributed by atoms with E-state index in [0.29, 0.717) is 18.4 Å². The van der Waals surface area contributed by atoms with Gasteiger partial charge in [0.05, 0.1) is 0 Å². The first kappa shape index (κ1) is 9.93. The minimum absolute atomic E-state index is 0.294. The van der Waals surface area contributed by atoms with Gasteiger partial charge in [-0.05, 0) is 0 Å². The molecular formula is C5H8BINO2. The third kappa shape index (κ3) is 4.78. The summed E-state index contributed by atoms with van der Waals surface area (Å²) in [5, 5.41) is 8.40. The zero-order chi connectivity index (χ0) is 8.15. The van der Waals surface area contributed by atoms with Gasteiger partial charge in [-0.3, -0.25) is 0 Å². The van der Waals surface area contributed by atoms with E-state index in [4.69, 9.17) is 18.3 Å². The number of carboxylic acids is 1. The molecule has 0 bridgehead atoms. The number of hydrogen-bond donors (Lipinski definition) is 2. The summed E-state index contributed by atoms with van der Waals surface area (Å²) in [6.07, 6.45) is 0.970. The molecule has 0 aromatic heterocycles. The van der Waals surface area contributed by atoms with Crippen molar-refractivity contribution in [1.29, 1.82) is 0 Å². The normalized spacial score (nSPS) is 12.4. The predicted molar refractivity (Wildman–Crippen MR) is 49.6 cm³/mol. The minimum atomic E-state index is -0.818. The third-order valence-electron chi connectivity index (χ3n) is 0.954. The number of carbonyl (C=O) groups is 1. The number of alkyl halides is 1. The zero-order valence-electron chi connectivity index (χ0n) is 5.38. The van der Waals surface area contributed by atoms with Crippen molar-refractivity contribution in [2.24, 2.45) is 5.73 Å². The van der Waals surface area contributed by atoms with Gasteiger partial charge in [0, 0.05) is 0 Å². The molecule has 0 rings (SSSR count). The van der Waals surface area contributed by atoms with Gasteiger partial charge in [-0.2, -0.15) is 0 Å². The second-order valence-corrected chi connectivity index (χ2v) is 3.42. The Morgan fingerprint density at radius 1 is 1.80 bits per heavy atom. The van der Waals surface area contributed by atoms with Crippen LogP contribution in [0, 0.1) is 0 Å². The quantitative estimate of drug-likeness (QED) is 0.417. The summed E-state index contributed by atoms with van der Waals surface area (Å²) < 4.78 is -0.389. The zero-order valence-corrected chi connectivity index (χ0v) is 7.54. The Morgan fingerprint density at radius 3 is 2.60 bits per heavy atom. The molecule has 0 saturated heterocycles. The van der Waals surface area contributed by atoms with Crippen LogP contribution in [0.15, 0.2) is 0 Å². The van der Waals surface area contributed by atoms with Crippen molar-refractivity contribution in [3.05, 3.63) is 0 Å². The van der Waals surface area contributed by atoms with E-state index in [1.807, 2.05) is 22.6 Å². The molecular weight excluding hydrogens is 244 g/mol. The molecule has 0 saturated carbocycles. The van der Waals surface area contributed by atoms with E-state index in [2.05, 4.69) is 0 Å². The van der Waals surface area contributed by atoms with Gasteiger partial charge in [0.15, 0.2) is 0 Å². The van der Waals surface area contributed by atoms with Gasteiger partial charge < -0.3 is 0 Å². The Balaban J connectivity index is 3.49. The van der Waals surface area contributed by atoms with E-state index in [9.17, 15) is 4.79 Å². The van der Waals surface area contributed by atoms with Crippen LogP contribution >= 0.6 is 22.6 Å². The van der Waals surface area contributed by atoms with Crippen molar-refractivity contribution >= 4 is 41.6 Å². The summed E-state index contributed by atoms with van der Waals surface area (Å²) in [5.74, 6) is -0.818. The van der Waals surface area contributed by atoms with Crippen LogP contribution < -0.4 is 5.73 Å². The van der Waals surface area contributed by atoms with Gasteiger partial charge in [0.25, 0.3) is 0 Å². The van der Waals surface area contributed by atoms with Crippen LogP contribution in [0.2, 0.25) is 0 Å². The first-order valence-corrected chi connectivity index (χ1v) is 4.02. The van der Waals surface area contributed by atoms with Crippen LogP contribution in [-0.2, 0) is 4.79 Å². The topological polar surface area (TPSA) is 63.3 Å². The van der Waals surface area contributed by atoms with Gasteiger partial charge in [-0.1, -0.05) is 0 Å². The average molecular weight is 252 g/mol. The molecule has 55 valence electrons. The summed E-state index contributed by atoms with van der Waals surface area (Å²) in [4.78, 5) is 10.2. The molecule has 0 aliphatic heterocycles. The van der Waals surface area contributed by atoms with E-state index in [0.717, 1.165) is 0 Å². The van der Waals surface area contributed by atoms with E-state index in [1.165, 1.54) is 0 Å². The number of nitrogens with two attached hydrogens (primary N) is 1. The molecule has 0 amide bonds. The second kappa shape index (κ2) is 4.70. The van der Waals surface area contributed by atoms with Crippen LogP contribution in [0.3, 0.4) is 0 Å². The van der Waals surface area contributed by atoms with Crippen LogP contribution in [-0.4, -0.2) is 28.1 Å². The number of hydrogen-bond acceptors (Lipinski definition) is 2. The number of carboxylic acid groups (broad SMARTS) is 1. The predicted octanol–water partition coefficient (Wildman–Crippen LogP) is -0.0881. The Bertz CT molecular complexity index is 151. The molecule has 1 radical (unpaired) electrons. The monoisotopic (exact) mass is 252 g/mol. The van der Waals surface area contributed by atoms with Crippen LogP contribution in [0.1, 0.15) is 12.8 Å². The fourth-order valence-electron chi connectivity index (χ4n) is 0.417. The average Bonchev–Trinajstić information content (AvgIpc) is 1.82. The Hall–Kier alpha value is -0.0651. The summed E-state index contributed by atoms with van der Waals surface area (Å²) in [6.45, 7) is 0. The van der Waals surface area contributed by atoms with Crippen LogP contribution in [0.4, 0.5) is 0 Å². The molecule has 1 unspecified atom stereocenters. The second-order valence-electron chi connectivity index (χ2n) is 1.92. The Labute approximate surface area is 74.2 Å². The van der Waals surface area contributed by atoms with Gasteiger partial charge in [0.2, 0.25) is 0 Å². The van der Waals surface area contributed by atoms with Crippen molar-refractivity contribution in [3.63, 3.8) is 0 Å². The number of halogens is 1. The van der Waals surface area contributed by atoms with Crippen LogP contribution in [0.5, 0.6) is 0 Å². The maximum atomic E-state index is 10.2. The van der Waals surface area contributed by atoms with Crippen molar-refractivity contribution in [3.8, 4) is 0 Å². The van der Waals surface area contributed by atoms with Gasteiger partial charge in [-0.15, -0.1) is 0 Å². The molecule has 0 aromatic rings. The third-order valence-corrected chi connectivity index (χ3v) is 2.11. The van der Waals surface area contributed by atoms with Gasteiger partial charge >= 0.3 is 74.0 Å². The molecule has 3 N–H and O–H groups in total. The van der Waals surface area contributed by atoms with Crippen molar-refractivity contribution in [2.75, 3.05) is 0 Å². The molecule has 0 aromatic carbocycles. The number of aliphatic carboxylic acids is 1. The maximum absolute atomic E-state index is 10.2. The number of rotatable bonds is 4. The molecule has 3 nitrogen and oxygen atoms in total. The van der Waals surface area contributed by atoms with Crippen molar-refractivity contribution < 1.29 is 9.90 Å². The SMILES string of the molecule is [B]=C(N)CCC(I)C(=O)O. The summed E-state index contributed by atoms with van der Waals surface area (Å²) in [7, 11) is 5.14. The molecule has 0 aliphatic carbocycles. The van der Waals surface area contributed by atoms with E-state index in [-0.39, 0.29) is 3.92 Å². The molecule has 1 atom stereocenters. The molecule has 0 heterocycles. The fourth-order valence-corrected chi connectivity index (χ4v) is 0.728. The fraction of sp³-hybridized carbons (Fsp3) is 0.600. The Morgan fingerprint density at radius 2 is 2.30 bits per heavy atom. The van der Waals surface area contributed by atoms with Gasteiger partial charge in [-0.25, -0.2) is 0 Å². The summed E-state index contributed by atoms with van der Waals surface area (Å²) in [6, 6.07) is 0. The first-order valence-electron chi connectivity index (χ1n) is 2.77. The van der Waals surface area contributed by atoms with E-state index < -0.39 is 5.97 Å². The van der Waals surface area contributed by atoms with Crippen LogP contribution in [0.25, 0.3) is 0 Å². The van der Waals surface area contributed by atoms with E-state index in [1.54, 1.807) is 0 Å². The summed E-state index contributed by atoms with van der Waals surface area (Å²) in [5.41, 5.74) is 5.43. The standard InChI is InChI=1S/C5H8BINO2/c6-4(8)2-1-3(7)5(9)10/h3H,1-2,8H2,(H,9,10). The van der Waals surface area contributed by atoms with Crippen molar-refractivity contribution in [1.82, 2.24) is 0 Å². The van der Waals surface area contributed by atoms with E-state index >= 15 is 0 Å². The first-order chi connectivity index (χ1) is 4.54. The molecule has 10 heavy (non-hydrogen) atoms.